The molecule has 1 unspecified atom stereocenters. The Hall–Kier alpha value is -0.180. The minimum Gasteiger partial charge on any atom is -0.374 e. The summed E-state index contributed by atoms with van der Waals surface area (Å²) in [7, 11) is 2.23. The van der Waals surface area contributed by atoms with Crippen LogP contribution in [0.5, 0.6) is 0 Å². The summed E-state index contributed by atoms with van der Waals surface area (Å²) in [6.07, 6.45) is 1.87. The number of carbonyl (C=O) groups excluding carboxylic acids is 1. The van der Waals surface area contributed by atoms with Crippen LogP contribution in [-0.4, -0.2) is 23.8 Å². The first-order valence-corrected chi connectivity index (χ1v) is 4.69. The Labute approximate surface area is 75.4 Å². The molecule has 0 fully saturated rings. The van der Waals surface area contributed by atoms with Crippen LogP contribution in [0, 0.1) is 0 Å². The molecule has 72 valence electrons. The van der Waals surface area contributed by atoms with E-state index in [9.17, 15) is 9.90 Å². The zero-order valence-corrected chi connectivity index (χ0v) is 8.49. The van der Waals surface area contributed by atoms with E-state index in [0.29, 0.717) is 6.42 Å². The zero-order valence-electron chi connectivity index (χ0n) is 7.34. The molecule has 0 radical (unpaired) electrons. The molecule has 1 amide bonds. The van der Waals surface area contributed by atoms with Gasteiger partial charge in [0.05, 0.1) is 6.54 Å². The smallest absolute Gasteiger partial charge is 0.236 e. The van der Waals surface area contributed by atoms with Gasteiger partial charge in [0.1, 0.15) is 6.23 Å². The van der Waals surface area contributed by atoms with E-state index < -0.39 is 6.23 Å². The Morgan fingerprint density at radius 3 is 2.83 bits per heavy atom. The second kappa shape index (κ2) is 7.47. The number of unbranched alkanes of at least 4 members (excludes halogenated alkanes) is 1. The van der Waals surface area contributed by atoms with Crippen LogP contribution in [-0.2, 0) is 4.79 Å². The maximum Gasteiger partial charge on any atom is 0.236 e. The number of carbonyl (C=O) groups is 1. The van der Waals surface area contributed by atoms with Gasteiger partial charge in [0.15, 0.2) is 0 Å². The fourth-order valence-electron chi connectivity index (χ4n) is 0.799. The largest absolute Gasteiger partial charge is 0.374 e. The molecule has 0 aliphatic rings. The maximum absolute atomic E-state index is 10.9. The Morgan fingerprint density at radius 2 is 2.33 bits per heavy atom. The summed E-state index contributed by atoms with van der Waals surface area (Å²) in [6, 6.07) is 0. The maximum atomic E-state index is 10.9. The van der Waals surface area contributed by atoms with Gasteiger partial charge in [0.2, 0.25) is 5.91 Å². The van der Waals surface area contributed by atoms with Crippen molar-refractivity contribution >= 4 is 15.3 Å². The molecule has 0 saturated carbocycles. The van der Waals surface area contributed by atoms with Crippen molar-refractivity contribution in [1.29, 1.82) is 0 Å². The van der Waals surface area contributed by atoms with E-state index in [-0.39, 0.29) is 12.5 Å². The summed E-state index contributed by atoms with van der Waals surface area (Å²) < 4.78 is 0. The van der Waals surface area contributed by atoms with Crippen molar-refractivity contribution in [1.82, 2.24) is 10.4 Å². The molecule has 0 aromatic carbocycles. The van der Waals surface area contributed by atoms with Crippen LogP contribution in [0.3, 0.4) is 0 Å². The number of aliphatic hydroxyl groups is 1. The summed E-state index contributed by atoms with van der Waals surface area (Å²) in [5, 5.41) is 14.3. The minimum absolute atomic E-state index is 0.186. The van der Waals surface area contributed by atoms with E-state index in [1.54, 1.807) is 0 Å². The number of amides is 1. The van der Waals surface area contributed by atoms with E-state index in [2.05, 4.69) is 19.8 Å². The number of hydrogen-bond donors (Lipinski definition) is 3. The van der Waals surface area contributed by atoms with Gasteiger partial charge in [-0.3, -0.25) is 9.88 Å². The van der Waals surface area contributed by atoms with Crippen molar-refractivity contribution in [3.05, 3.63) is 0 Å². The van der Waals surface area contributed by atoms with E-state index >= 15 is 0 Å². The van der Waals surface area contributed by atoms with Gasteiger partial charge in [-0.2, -0.15) is 0 Å². The predicted octanol–water partition coefficient (Wildman–Crippen LogP) is -0.00910. The standard InChI is InChI=1S/C7H17N2O2P/c1-2-3-4-6(10)9-7(11)5-8-12/h6,8,10H,2-5,12H2,1H3,(H,9,11)/t6-/m1/s1. The van der Waals surface area contributed by atoms with Gasteiger partial charge < -0.3 is 10.4 Å². The number of aliphatic hydroxyl groups excluding tert-OH is 1. The van der Waals surface area contributed by atoms with Gasteiger partial charge in [-0.1, -0.05) is 22.7 Å². The van der Waals surface area contributed by atoms with Crippen LogP contribution in [0.25, 0.3) is 0 Å². The molecule has 0 bridgehead atoms. The van der Waals surface area contributed by atoms with Crippen molar-refractivity contribution in [2.45, 2.75) is 32.4 Å². The third-order valence-corrected chi connectivity index (χ3v) is 1.63. The molecule has 2 atom stereocenters. The highest BCUT2D eigenvalue weighted by Gasteiger charge is 2.06. The van der Waals surface area contributed by atoms with Crippen LogP contribution in [0.15, 0.2) is 0 Å². The number of nitrogens with one attached hydrogen (secondary N) is 2. The van der Waals surface area contributed by atoms with Gasteiger partial charge in [-0.25, -0.2) is 0 Å². The third-order valence-electron chi connectivity index (χ3n) is 1.42. The first-order valence-electron chi connectivity index (χ1n) is 4.11. The fraction of sp³-hybridized carbons (Fsp3) is 0.857. The van der Waals surface area contributed by atoms with Crippen LogP contribution < -0.4 is 10.4 Å². The normalized spacial score (nSPS) is 12.6. The van der Waals surface area contributed by atoms with Crippen LogP contribution in [0.4, 0.5) is 0 Å². The SMILES string of the molecule is CCCC[C@@H](O)NC(=O)CNP. The van der Waals surface area contributed by atoms with Crippen molar-refractivity contribution in [3.63, 3.8) is 0 Å². The van der Waals surface area contributed by atoms with Gasteiger partial charge in [0.25, 0.3) is 0 Å². The summed E-state index contributed by atoms with van der Waals surface area (Å²) in [5.41, 5.74) is 0. The van der Waals surface area contributed by atoms with Crippen molar-refractivity contribution < 1.29 is 9.90 Å². The molecule has 0 saturated heterocycles. The molecule has 0 aromatic heterocycles. The fourth-order valence-corrected chi connectivity index (χ4v) is 0.985. The lowest BCUT2D eigenvalue weighted by molar-refractivity contribution is -0.122. The number of hydrogen-bond acceptors (Lipinski definition) is 3. The van der Waals surface area contributed by atoms with Crippen LogP contribution >= 0.6 is 9.39 Å². The van der Waals surface area contributed by atoms with Gasteiger partial charge >= 0.3 is 0 Å². The second-order valence-electron chi connectivity index (χ2n) is 2.61. The first-order chi connectivity index (χ1) is 5.70. The summed E-state index contributed by atoms with van der Waals surface area (Å²) in [6.45, 7) is 2.26. The van der Waals surface area contributed by atoms with Gasteiger partial charge in [-0.05, 0) is 12.8 Å². The molecule has 12 heavy (non-hydrogen) atoms. The lowest BCUT2D eigenvalue weighted by Gasteiger charge is -2.11. The molecule has 4 nitrogen and oxygen atoms in total. The highest BCUT2D eigenvalue weighted by molar-refractivity contribution is 7.13. The predicted molar refractivity (Wildman–Crippen MR) is 51.4 cm³/mol. The Morgan fingerprint density at radius 1 is 1.67 bits per heavy atom. The molecular formula is C7H17N2O2P. The average Bonchev–Trinajstić information content (AvgIpc) is 2.01. The highest BCUT2D eigenvalue weighted by atomic mass is 31.0. The second-order valence-corrected chi connectivity index (χ2v) is 3.01. The molecule has 5 heteroatoms. The molecule has 3 N–H and O–H groups in total. The van der Waals surface area contributed by atoms with E-state index in [1.807, 2.05) is 6.92 Å². The van der Waals surface area contributed by atoms with E-state index in [4.69, 9.17) is 0 Å². The Bertz CT molecular complexity index is 133. The Kier molecular flexibility index (Phi) is 7.36. The van der Waals surface area contributed by atoms with Crippen molar-refractivity contribution in [2.24, 2.45) is 0 Å². The minimum atomic E-state index is -0.698. The van der Waals surface area contributed by atoms with Gasteiger partial charge in [-0.15, -0.1) is 0 Å². The lowest BCUT2D eigenvalue weighted by atomic mass is 10.2. The van der Waals surface area contributed by atoms with Gasteiger partial charge in [0, 0.05) is 0 Å². The molecular weight excluding hydrogens is 175 g/mol. The van der Waals surface area contributed by atoms with Crippen LogP contribution in [0.1, 0.15) is 26.2 Å². The van der Waals surface area contributed by atoms with E-state index in [1.165, 1.54) is 0 Å². The highest BCUT2D eigenvalue weighted by Crippen LogP contribution is 1.96. The first kappa shape index (κ1) is 11.8. The Balaban J connectivity index is 3.40. The lowest BCUT2D eigenvalue weighted by Crippen LogP contribution is -2.38. The molecule has 0 spiro atoms. The molecule has 0 heterocycles. The quantitative estimate of drug-likeness (QED) is 0.410. The van der Waals surface area contributed by atoms with E-state index in [0.717, 1.165) is 12.8 Å². The molecule has 0 aliphatic carbocycles. The topological polar surface area (TPSA) is 61.4 Å². The van der Waals surface area contributed by atoms with Crippen LogP contribution in [0.2, 0.25) is 0 Å². The molecule has 0 aliphatic heterocycles. The zero-order chi connectivity index (χ0) is 9.40. The molecule has 0 aromatic rings. The molecule has 0 rings (SSSR count). The van der Waals surface area contributed by atoms with Crippen molar-refractivity contribution in [2.75, 3.05) is 6.54 Å². The summed E-state index contributed by atoms with van der Waals surface area (Å²) >= 11 is 0. The monoisotopic (exact) mass is 192 g/mol. The summed E-state index contributed by atoms with van der Waals surface area (Å²) in [4.78, 5) is 10.9. The third kappa shape index (κ3) is 6.53. The average molecular weight is 192 g/mol. The number of rotatable bonds is 6. The summed E-state index contributed by atoms with van der Waals surface area (Å²) in [5.74, 6) is -0.186. The van der Waals surface area contributed by atoms with Crippen molar-refractivity contribution in [3.8, 4) is 0 Å².